The summed E-state index contributed by atoms with van der Waals surface area (Å²) in [6.07, 6.45) is 6.32. The minimum atomic E-state index is 0.830. The van der Waals surface area contributed by atoms with Gasteiger partial charge in [-0.25, -0.2) is 0 Å². The number of anilines is 1. The number of likely N-dealkylation sites (tertiary alicyclic amines) is 1. The van der Waals surface area contributed by atoms with Crippen LogP contribution in [0.25, 0.3) is 0 Å². The zero-order chi connectivity index (χ0) is 11.2. The highest BCUT2D eigenvalue weighted by Crippen LogP contribution is 2.17. The fourth-order valence-corrected chi connectivity index (χ4v) is 2.24. The van der Waals surface area contributed by atoms with Gasteiger partial charge in [0.1, 0.15) is 0 Å². The summed E-state index contributed by atoms with van der Waals surface area (Å²) in [6, 6.07) is 4.06. The van der Waals surface area contributed by atoms with Gasteiger partial charge in [-0.3, -0.25) is 4.98 Å². The Morgan fingerprint density at radius 1 is 1.31 bits per heavy atom. The summed E-state index contributed by atoms with van der Waals surface area (Å²) in [7, 11) is 0. The third-order valence-electron chi connectivity index (χ3n) is 3.43. The molecular weight excluding hydrogens is 198 g/mol. The van der Waals surface area contributed by atoms with Crippen LogP contribution in [0.1, 0.15) is 19.8 Å². The lowest BCUT2D eigenvalue weighted by Crippen LogP contribution is -2.35. The zero-order valence-corrected chi connectivity index (χ0v) is 10.0. The summed E-state index contributed by atoms with van der Waals surface area (Å²) in [5, 5.41) is 3.49. The number of hydrogen-bond donors (Lipinski definition) is 1. The van der Waals surface area contributed by atoms with Crippen LogP contribution < -0.4 is 5.32 Å². The highest BCUT2D eigenvalue weighted by Gasteiger charge is 2.17. The summed E-state index contributed by atoms with van der Waals surface area (Å²) in [6.45, 7) is 7.07. The quantitative estimate of drug-likeness (QED) is 0.841. The van der Waals surface area contributed by atoms with E-state index in [-0.39, 0.29) is 0 Å². The maximum absolute atomic E-state index is 4.01. The largest absolute Gasteiger partial charge is 0.385 e. The molecule has 0 unspecified atom stereocenters. The van der Waals surface area contributed by atoms with E-state index < -0.39 is 0 Å². The van der Waals surface area contributed by atoms with Crippen LogP contribution in [0.5, 0.6) is 0 Å². The van der Waals surface area contributed by atoms with E-state index in [1.165, 1.54) is 38.2 Å². The summed E-state index contributed by atoms with van der Waals surface area (Å²) >= 11 is 0. The molecule has 2 heterocycles. The van der Waals surface area contributed by atoms with E-state index in [2.05, 4.69) is 22.1 Å². The van der Waals surface area contributed by atoms with E-state index in [1.807, 2.05) is 24.5 Å². The predicted octanol–water partition coefficient (Wildman–Crippen LogP) is 2.23. The first-order valence-corrected chi connectivity index (χ1v) is 6.24. The van der Waals surface area contributed by atoms with E-state index in [4.69, 9.17) is 0 Å². The third kappa shape index (κ3) is 3.20. The Morgan fingerprint density at radius 2 is 2.00 bits per heavy atom. The lowest BCUT2D eigenvalue weighted by Gasteiger charge is -2.31. The molecule has 0 atom stereocenters. The second kappa shape index (κ2) is 5.85. The van der Waals surface area contributed by atoms with Crippen LogP contribution in [0, 0.1) is 5.92 Å². The Labute approximate surface area is 97.9 Å². The van der Waals surface area contributed by atoms with Crippen molar-refractivity contribution in [3.63, 3.8) is 0 Å². The molecular formula is C13H21N3. The summed E-state index contributed by atoms with van der Waals surface area (Å²) in [5.41, 5.74) is 1.19. The lowest BCUT2D eigenvalue weighted by atomic mass is 9.97. The molecule has 0 saturated carbocycles. The first-order valence-electron chi connectivity index (χ1n) is 6.24. The van der Waals surface area contributed by atoms with Gasteiger partial charge >= 0.3 is 0 Å². The third-order valence-corrected chi connectivity index (χ3v) is 3.43. The van der Waals surface area contributed by atoms with Crippen molar-refractivity contribution in [2.45, 2.75) is 19.8 Å². The Balaban J connectivity index is 1.72. The number of hydrogen-bond acceptors (Lipinski definition) is 3. The monoisotopic (exact) mass is 219 g/mol. The lowest BCUT2D eigenvalue weighted by molar-refractivity contribution is 0.198. The van der Waals surface area contributed by atoms with Gasteiger partial charge in [-0.05, 0) is 50.5 Å². The normalized spacial score (nSPS) is 18.6. The van der Waals surface area contributed by atoms with E-state index in [0.29, 0.717) is 0 Å². The molecule has 1 N–H and O–H groups in total. The SMILES string of the molecule is CCN1CCC(CNc2ccncc2)CC1. The van der Waals surface area contributed by atoms with Gasteiger partial charge in [0.25, 0.3) is 0 Å². The highest BCUT2D eigenvalue weighted by molar-refractivity contribution is 5.40. The van der Waals surface area contributed by atoms with Crippen LogP contribution in [-0.2, 0) is 0 Å². The van der Waals surface area contributed by atoms with Crippen molar-refractivity contribution >= 4 is 5.69 Å². The molecule has 0 amide bonds. The molecule has 1 aliphatic heterocycles. The Morgan fingerprint density at radius 3 is 2.62 bits per heavy atom. The summed E-state index contributed by atoms with van der Waals surface area (Å²) in [5.74, 6) is 0.830. The minimum Gasteiger partial charge on any atom is -0.385 e. The molecule has 0 bridgehead atoms. The molecule has 1 aliphatic rings. The topological polar surface area (TPSA) is 28.2 Å². The standard InChI is InChI=1S/C13H21N3/c1-2-16-9-5-12(6-10-16)11-15-13-3-7-14-8-4-13/h3-4,7-8,12H,2,5-6,9-11H2,1H3,(H,14,15). The zero-order valence-electron chi connectivity index (χ0n) is 10.0. The molecule has 0 radical (unpaired) electrons. The second-order valence-electron chi connectivity index (χ2n) is 4.49. The fourth-order valence-electron chi connectivity index (χ4n) is 2.24. The fraction of sp³-hybridized carbons (Fsp3) is 0.615. The van der Waals surface area contributed by atoms with Gasteiger partial charge < -0.3 is 10.2 Å². The van der Waals surface area contributed by atoms with Gasteiger partial charge in [-0.2, -0.15) is 0 Å². The average molecular weight is 219 g/mol. The second-order valence-corrected chi connectivity index (χ2v) is 4.49. The molecule has 3 heteroatoms. The van der Waals surface area contributed by atoms with Crippen molar-refractivity contribution in [3.8, 4) is 0 Å². The minimum absolute atomic E-state index is 0.830. The van der Waals surface area contributed by atoms with Gasteiger partial charge in [0.15, 0.2) is 0 Å². The van der Waals surface area contributed by atoms with E-state index in [9.17, 15) is 0 Å². The molecule has 2 rings (SSSR count). The molecule has 0 spiro atoms. The van der Waals surface area contributed by atoms with Gasteiger partial charge in [0.05, 0.1) is 0 Å². The van der Waals surface area contributed by atoms with Crippen molar-refractivity contribution in [3.05, 3.63) is 24.5 Å². The van der Waals surface area contributed by atoms with Crippen LogP contribution in [-0.4, -0.2) is 36.1 Å². The number of pyridine rings is 1. The molecule has 0 aromatic carbocycles. The molecule has 0 aliphatic carbocycles. The van der Waals surface area contributed by atoms with E-state index >= 15 is 0 Å². The smallest absolute Gasteiger partial charge is 0.0371 e. The van der Waals surface area contributed by atoms with Gasteiger partial charge in [0, 0.05) is 24.6 Å². The molecule has 1 fully saturated rings. The van der Waals surface area contributed by atoms with Crippen LogP contribution in [0.3, 0.4) is 0 Å². The molecule has 88 valence electrons. The molecule has 1 aromatic rings. The Hall–Kier alpha value is -1.09. The molecule has 16 heavy (non-hydrogen) atoms. The first kappa shape index (κ1) is 11.4. The van der Waals surface area contributed by atoms with Gasteiger partial charge in [-0.15, -0.1) is 0 Å². The van der Waals surface area contributed by atoms with E-state index in [1.54, 1.807) is 0 Å². The van der Waals surface area contributed by atoms with Crippen molar-refractivity contribution in [1.82, 2.24) is 9.88 Å². The number of rotatable bonds is 4. The van der Waals surface area contributed by atoms with Crippen molar-refractivity contribution < 1.29 is 0 Å². The highest BCUT2D eigenvalue weighted by atomic mass is 15.1. The van der Waals surface area contributed by atoms with Gasteiger partial charge in [-0.1, -0.05) is 6.92 Å². The number of aromatic nitrogens is 1. The number of nitrogens with one attached hydrogen (secondary N) is 1. The van der Waals surface area contributed by atoms with Gasteiger partial charge in [0.2, 0.25) is 0 Å². The Bertz CT molecular complexity index is 291. The summed E-state index contributed by atoms with van der Waals surface area (Å²) < 4.78 is 0. The molecule has 3 nitrogen and oxygen atoms in total. The van der Waals surface area contributed by atoms with Crippen LogP contribution in [0.4, 0.5) is 5.69 Å². The number of piperidine rings is 1. The predicted molar refractivity (Wildman–Crippen MR) is 67.6 cm³/mol. The maximum atomic E-state index is 4.01. The first-order chi connectivity index (χ1) is 7.88. The number of nitrogens with zero attached hydrogens (tertiary/aromatic N) is 2. The Kier molecular flexibility index (Phi) is 4.17. The molecule has 1 aromatic heterocycles. The maximum Gasteiger partial charge on any atom is 0.0371 e. The van der Waals surface area contributed by atoms with Crippen LogP contribution >= 0.6 is 0 Å². The van der Waals surface area contributed by atoms with Crippen LogP contribution in [0.2, 0.25) is 0 Å². The van der Waals surface area contributed by atoms with Crippen molar-refractivity contribution in [2.24, 2.45) is 5.92 Å². The van der Waals surface area contributed by atoms with Crippen molar-refractivity contribution in [2.75, 3.05) is 31.5 Å². The van der Waals surface area contributed by atoms with Crippen molar-refractivity contribution in [1.29, 1.82) is 0 Å². The summed E-state index contributed by atoms with van der Waals surface area (Å²) in [4.78, 5) is 6.55. The van der Waals surface area contributed by atoms with E-state index in [0.717, 1.165) is 12.5 Å². The average Bonchev–Trinajstić information content (AvgIpc) is 2.38. The molecule has 1 saturated heterocycles. The van der Waals surface area contributed by atoms with Crippen LogP contribution in [0.15, 0.2) is 24.5 Å².